The second-order valence-electron chi connectivity index (χ2n) is 3.60. The molecule has 5 nitrogen and oxygen atoms in total. The molecule has 1 aliphatic heterocycles. The fraction of sp³-hybridized carbons (Fsp3) is 0.556. The number of amides is 1. The highest BCUT2D eigenvalue weighted by Crippen LogP contribution is 2.18. The Bertz CT molecular complexity index is 370. The summed E-state index contributed by atoms with van der Waals surface area (Å²) >= 11 is 1.86. The summed E-state index contributed by atoms with van der Waals surface area (Å²) in [5.74, 6) is 2.41. The number of hydrogen-bond acceptors (Lipinski definition) is 4. The van der Waals surface area contributed by atoms with E-state index in [4.69, 9.17) is 5.73 Å². The second-order valence-corrected chi connectivity index (χ2v) is 4.75. The first-order chi connectivity index (χ1) is 7.18. The lowest BCUT2D eigenvalue weighted by molar-refractivity contribution is 0.0942. The van der Waals surface area contributed by atoms with Gasteiger partial charge in [-0.25, -0.2) is 0 Å². The standard InChI is InChI=1S/C9H14N4OS/c1-13-8(10)7(4-11-13)9(14)12-6-2-3-15-5-6/h4,6H,2-3,5,10H2,1H3,(H,12,14). The lowest BCUT2D eigenvalue weighted by atomic mass is 10.2. The third-order valence-electron chi connectivity index (χ3n) is 2.49. The molecule has 0 spiro atoms. The molecule has 1 aliphatic rings. The number of nitrogen functional groups attached to an aromatic ring is 1. The quantitative estimate of drug-likeness (QED) is 0.757. The summed E-state index contributed by atoms with van der Waals surface area (Å²) in [7, 11) is 1.72. The summed E-state index contributed by atoms with van der Waals surface area (Å²) in [6.45, 7) is 0. The fourth-order valence-corrected chi connectivity index (χ4v) is 2.69. The Kier molecular flexibility index (Phi) is 2.86. The third kappa shape index (κ3) is 2.09. The molecule has 0 aromatic carbocycles. The largest absolute Gasteiger partial charge is 0.383 e. The zero-order valence-corrected chi connectivity index (χ0v) is 9.38. The van der Waals surface area contributed by atoms with Crippen molar-refractivity contribution in [2.45, 2.75) is 12.5 Å². The van der Waals surface area contributed by atoms with Crippen LogP contribution in [0.1, 0.15) is 16.8 Å². The number of thioether (sulfide) groups is 1. The van der Waals surface area contributed by atoms with Gasteiger partial charge in [0.15, 0.2) is 0 Å². The average molecular weight is 226 g/mol. The summed E-state index contributed by atoms with van der Waals surface area (Å²) < 4.78 is 1.50. The number of nitrogens with one attached hydrogen (secondary N) is 1. The minimum absolute atomic E-state index is 0.117. The van der Waals surface area contributed by atoms with E-state index in [1.54, 1.807) is 7.05 Å². The normalized spacial score (nSPS) is 20.5. The first-order valence-electron chi connectivity index (χ1n) is 4.84. The molecular formula is C9H14N4OS. The molecule has 6 heteroatoms. The van der Waals surface area contributed by atoms with Gasteiger partial charge in [0, 0.05) is 18.8 Å². The number of carbonyl (C=O) groups excluding carboxylic acids is 1. The van der Waals surface area contributed by atoms with Crippen LogP contribution in [-0.2, 0) is 7.05 Å². The first-order valence-corrected chi connectivity index (χ1v) is 6.00. The van der Waals surface area contributed by atoms with Crippen LogP contribution in [-0.4, -0.2) is 33.2 Å². The molecule has 1 aromatic heterocycles. The van der Waals surface area contributed by atoms with E-state index in [2.05, 4.69) is 10.4 Å². The monoisotopic (exact) mass is 226 g/mol. The van der Waals surface area contributed by atoms with Gasteiger partial charge in [0.1, 0.15) is 11.4 Å². The van der Waals surface area contributed by atoms with Crippen LogP contribution in [0.2, 0.25) is 0 Å². The zero-order valence-electron chi connectivity index (χ0n) is 8.56. The highest BCUT2D eigenvalue weighted by atomic mass is 32.2. The van der Waals surface area contributed by atoms with Crippen LogP contribution in [0.4, 0.5) is 5.82 Å². The van der Waals surface area contributed by atoms with Gasteiger partial charge in [0.2, 0.25) is 0 Å². The van der Waals surface area contributed by atoms with Crippen molar-refractivity contribution < 1.29 is 4.79 Å². The number of aromatic nitrogens is 2. The van der Waals surface area contributed by atoms with E-state index >= 15 is 0 Å². The van der Waals surface area contributed by atoms with Crippen LogP contribution in [0, 0.1) is 0 Å². The Balaban J connectivity index is 2.04. The van der Waals surface area contributed by atoms with E-state index in [0.29, 0.717) is 11.4 Å². The van der Waals surface area contributed by atoms with Crippen LogP contribution < -0.4 is 11.1 Å². The number of carbonyl (C=O) groups is 1. The average Bonchev–Trinajstić information content (AvgIpc) is 2.79. The molecule has 1 amide bonds. The predicted molar refractivity (Wildman–Crippen MR) is 60.8 cm³/mol. The Morgan fingerprint density at radius 3 is 3.13 bits per heavy atom. The van der Waals surface area contributed by atoms with Crippen molar-refractivity contribution in [2.24, 2.45) is 7.05 Å². The molecule has 1 unspecified atom stereocenters. The second kappa shape index (κ2) is 4.14. The molecule has 3 N–H and O–H groups in total. The number of hydrogen-bond donors (Lipinski definition) is 2. The van der Waals surface area contributed by atoms with Crippen molar-refractivity contribution >= 4 is 23.5 Å². The first kappa shape index (κ1) is 10.4. The van der Waals surface area contributed by atoms with Crippen LogP contribution in [0.25, 0.3) is 0 Å². The van der Waals surface area contributed by atoms with Gasteiger partial charge in [-0.15, -0.1) is 0 Å². The van der Waals surface area contributed by atoms with Crippen molar-refractivity contribution in [1.82, 2.24) is 15.1 Å². The molecule has 0 saturated carbocycles. The van der Waals surface area contributed by atoms with E-state index < -0.39 is 0 Å². The van der Waals surface area contributed by atoms with E-state index in [-0.39, 0.29) is 11.9 Å². The van der Waals surface area contributed by atoms with Crippen LogP contribution in [0.5, 0.6) is 0 Å². The maximum Gasteiger partial charge on any atom is 0.256 e. The maximum absolute atomic E-state index is 11.8. The number of nitrogens with two attached hydrogens (primary N) is 1. The van der Waals surface area contributed by atoms with Crippen molar-refractivity contribution in [3.8, 4) is 0 Å². The minimum Gasteiger partial charge on any atom is -0.383 e. The minimum atomic E-state index is -0.117. The Morgan fingerprint density at radius 2 is 2.60 bits per heavy atom. The summed E-state index contributed by atoms with van der Waals surface area (Å²) in [6, 6.07) is 0.280. The molecule has 1 saturated heterocycles. The summed E-state index contributed by atoms with van der Waals surface area (Å²) in [5.41, 5.74) is 6.18. The van der Waals surface area contributed by atoms with Crippen molar-refractivity contribution in [3.05, 3.63) is 11.8 Å². The summed E-state index contributed by atoms with van der Waals surface area (Å²) in [6.07, 6.45) is 2.54. The van der Waals surface area contributed by atoms with Crippen molar-refractivity contribution in [2.75, 3.05) is 17.2 Å². The van der Waals surface area contributed by atoms with Gasteiger partial charge in [0.05, 0.1) is 6.20 Å². The van der Waals surface area contributed by atoms with Gasteiger partial charge in [-0.05, 0) is 12.2 Å². The molecule has 1 atom stereocenters. The van der Waals surface area contributed by atoms with Crippen LogP contribution in [0.3, 0.4) is 0 Å². The molecule has 2 rings (SSSR count). The van der Waals surface area contributed by atoms with Gasteiger partial charge >= 0.3 is 0 Å². The molecule has 15 heavy (non-hydrogen) atoms. The Hall–Kier alpha value is -1.17. The van der Waals surface area contributed by atoms with Gasteiger partial charge < -0.3 is 11.1 Å². The van der Waals surface area contributed by atoms with Crippen LogP contribution >= 0.6 is 11.8 Å². The molecular weight excluding hydrogens is 212 g/mol. The molecule has 0 aliphatic carbocycles. The number of nitrogens with zero attached hydrogens (tertiary/aromatic N) is 2. The van der Waals surface area contributed by atoms with E-state index in [1.807, 2.05) is 11.8 Å². The molecule has 1 fully saturated rings. The van der Waals surface area contributed by atoms with Crippen molar-refractivity contribution in [1.29, 1.82) is 0 Å². The maximum atomic E-state index is 11.8. The smallest absolute Gasteiger partial charge is 0.256 e. The summed E-state index contributed by atoms with van der Waals surface area (Å²) in [4.78, 5) is 11.8. The van der Waals surface area contributed by atoms with Gasteiger partial charge in [0.25, 0.3) is 5.91 Å². The third-order valence-corrected chi connectivity index (χ3v) is 3.66. The number of anilines is 1. The fourth-order valence-electron chi connectivity index (χ4n) is 1.53. The Labute approximate surface area is 92.4 Å². The van der Waals surface area contributed by atoms with Gasteiger partial charge in [-0.2, -0.15) is 16.9 Å². The van der Waals surface area contributed by atoms with Crippen LogP contribution in [0.15, 0.2) is 6.20 Å². The lowest BCUT2D eigenvalue weighted by Crippen LogP contribution is -2.34. The zero-order chi connectivity index (χ0) is 10.8. The SMILES string of the molecule is Cn1ncc(C(=O)NC2CCSC2)c1N. The molecule has 1 aromatic rings. The number of aryl methyl sites for hydroxylation is 1. The van der Waals surface area contributed by atoms with E-state index in [1.165, 1.54) is 10.9 Å². The molecule has 0 bridgehead atoms. The van der Waals surface area contributed by atoms with E-state index in [9.17, 15) is 4.79 Å². The molecule has 2 heterocycles. The Morgan fingerprint density at radius 1 is 1.80 bits per heavy atom. The molecule has 0 radical (unpaired) electrons. The summed E-state index contributed by atoms with van der Waals surface area (Å²) in [5, 5.41) is 6.89. The highest BCUT2D eigenvalue weighted by Gasteiger charge is 2.20. The van der Waals surface area contributed by atoms with Crippen molar-refractivity contribution in [3.63, 3.8) is 0 Å². The lowest BCUT2D eigenvalue weighted by Gasteiger charge is -2.10. The van der Waals surface area contributed by atoms with E-state index in [0.717, 1.165) is 17.9 Å². The highest BCUT2D eigenvalue weighted by molar-refractivity contribution is 7.99. The molecule has 82 valence electrons. The van der Waals surface area contributed by atoms with Gasteiger partial charge in [-0.1, -0.05) is 0 Å². The van der Waals surface area contributed by atoms with Gasteiger partial charge in [-0.3, -0.25) is 9.48 Å². The predicted octanol–water partition coefficient (Wildman–Crippen LogP) is 0.238. The topological polar surface area (TPSA) is 72.9 Å². The number of rotatable bonds is 2.